The molecule has 1 aromatic heterocycles. The van der Waals surface area contributed by atoms with E-state index in [2.05, 4.69) is 22.4 Å². The van der Waals surface area contributed by atoms with Gasteiger partial charge in [0.15, 0.2) is 0 Å². The second-order valence-corrected chi connectivity index (χ2v) is 10.6. The molecule has 5 rings (SSSR count). The van der Waals surface area contributed by atoms with E-state index >= 15 is 0 Å². The normalized spacial score (nSPS) is 16.3. The highest BCUT2D eigenvalue weighted by Gasteiger charge is 2.27. The van der Waals surface area contributed by atoms with E-state index in [9.17, 15) is 14.0 Å². The molecule has 3 aromatic carbocycles. The minimum absolute atomic E-state index is 0.0510. The van der Waals surface area contributed by atoms with Crippen LogP contribution in [0, 0.1) is 5.82 Å². The van der Waals surface area contributed by atoms with E-state index in [4.69, 9.17) is 4.74 Å². The van der Waals surface area contributed by atoms with Gasteiger partial charge in [-0.15, -0.1) is 0 Å². The highest BCUT2D eigenvalue weighted by Crippen LogP contribution is 2.28. The molecule has 1 atom stereocenters. The van der Waals surface area contributed by atoms with Gasteiger partial charge in [-0.05, 0) is 71.3 Å². The maximum absolute atomic E-state index is 14.1. The molecule has 196 valence electrons. The molecule has 0 radical (unpaired) electrons. The molecule has 0 aliphatic carbocycles. The Kier molecular flexibility index (Phi) is 7.69. The molecule has 8 heteroatoms. The number of hydrogen-bond acceptors (Lipinski definition) is 4. The average Bonchev–Trinajstić information content (AvgIpc) is 3.25. The van der Waals surface area contributed by atoms with Crippen LogP contribution >= 0.6 is 11.8 Å². The predicted octanol–water partition coefficient (Wildman–Crippen LogP) is 5.04. The number of benzene rings is 3. The van der Waals surface area contributed by atoms with Crippen LogP contribution in [0.15, 0.2) is 66.7 Å². The van der Waals surface area contributed by atoms with Gasteiger partial charge in [0.1, 0.15) is 17.6 Å². The Hall–Kier alpha value is -3.78. The van der Waals surface area contributed by atoms with Gasteiger partial charge in [-0.1, -0.05) is 24.3 Å². The van der Waals surface area contributed by atoms with Crippen LogP contribution in [-0.4, -0.2) is 42.8 Å². The Morgan fingerprint density at radius 1 is 1.08 bits per heavy atom. The number of thioether (sulfide) groups is 1. The molecule has 4 aromatic rings. The summed E-state index contributed by atoms with van der Waals surface area (Å²) >= 11 is 1.78. The molecule has 0 spiro atoms. The number of hydrogen-bond donors (Lipinski definition) is 2. The summed E-state index contributed by atoms with van der Waals surface area (Å²) in [6.45, 7) is 0. The lowest BCUT2D eigenvalue weighted by atomic mass is 10.0. The second-order valence-electron chi connectivity index (χ2n) is 9.49. The first-order valence-corrected chi connectivity index (χ1v) is 13.7. The summed E-state index contributed by atoms with van der Waals surface area (Å²) in [7, 11) is 3.30. The zero-order valence-electron chi connectivity index (χ0n) is 21.4. The number of likely N-dealkylation sites (N-methyl/N-ethyl adjacent to an activating group) is 1. The number of carbonyl (C=O) groups excluding carboxylic acids is 2. The van der Waals surface area contributed by atoms with Crippen molar-refractivity contribution in [2.75, 3.05) is 24.8 Å². The summed E-state index contributed by atoms with van der Waals surface area (Å²) in [6, 6.07) is 19.2. The molecule has 6 nitrogen and oxygen atoms in total. The lowest BCUT2D eigenvalue weighted by molar-refractivity contribution is -0.127. The fourth-order valence-electron chi connectivity index (χ4n) is 4.89. The third-order valence-corrected chi connectivity index (χ3v) is 7.92. The quantitative estimate of drug-likeness (QED) is 0.389. The Labute approximate surface area is 225 Å². The number of H-pyrrole nitrogens is 1. The molecule has 2 N–H and O–H groups in total. The summed E-state index contributed by atoms with van der Waals surface area (Å²) in [5.41, 5.74) is 5.36. The number of aromatic amines is 1. The zero-order valence-corrected chi connectivity index (χ0v) is 22.2. The van der Waals surface area contributed by atoms with Crippen molar-refractivity contribution in [3.63, 3.8) is 0 Å². The van der Waals surface area contributed by atoms with Gasteiger partial charge >= 0.3 is 0 Å². The average molecular weight is 532 g/mol. The number of halogens is 1. The number of rotatable bonds is 3. The number of aryl methyl sites for hydroxylation is 1. The topological polar surface area (TPSA) is 74.4 Å². The molecule has 1 aliphatic rings. The van der Waals surface area contributed by atoms with Crippen molar-refractivity contribution >= 4 is 40.2 Å². The highest BCUT2D eigenvalue weighted by molar-refractivity contribution is 7.98. The summed E-state index contributed by atoms with van der Waals surface area (Å²) in [5, 5.41) is 3.69. The van der Waals surface area contributed by atoms with E-state index in [1.54, 1.807) is 49.0 Å². The number of nitrogens with zero attached hydrogens (tertiary/aromatic N) is 1. The van der Waals surface area contributed by atoms with E-state index in [0.717, 1.165) is 34.5 Å². The molecule has 0 fully saturated rings. The smallest absolute Gasteiger partial charge is 0.249 e. The van der Waals surface area contributed by atoms with Gasteiger partial charge in [0.2, 0.25) is 11.8 Å². The number of ether oxygens (including phenoxy) is 1. The first-order chi connectivity index (χ1) is 18.4. The molecule has 38 heavy (non-hydrogen) atoms. The van der Waals surface area contributed by atoms with Crippen molar-refractivity contribution in [3.8, 4) is 5.75 Å². The number of methoxy groups -OCH3 is 1. The van der Waals surface area contributed by atoms with Crippen LogP contribution in [-0.2, 0) is 34.6 Å². The van der Waals surface area contributed by atoms with Crippen molar-refractivity contribution in [2.24, 2.45) is 0 Å². The molecule has 0 saturated heterocycles. The second kappa shape index (κ2) is 11.3. The van der Waals surface area contributed by atoms with E-state index in [-0.39, 0.29) is 24.1 Å². The molecule has 2 bridgehead atoms. The number of aromatic nitrogens is 1. The fraction of sp³-hybridized carbons (Fsp3) is 0.267. The Bertz CT molecular complexity index is 1470. The van der Waals surface area contributed by atoms with E-state index in [1.807, 2.05) is 24.3 Å². The number of anilines is 1. The van der Waals surface area contributed by atoms with E-state index < -0.39 is 6.04 Å². The van der Waals surface area contributed by atoms with Crippen LogP contribution in [0.5, 0.6) is 5.75 Å². The third kappa shape index (κ3) is 5.70. The largest absolute Gasteiger partial charge is 0.497 e. The number of fused-ring (bicyclic) bond motifs is 5. The summed E-state index contributed by atoms with van der Waals surface area (Å²) < 4.78 is 19.4. The first kappa shape index (κ1) is 25.9. The Balaban J connectivity index is 1.48. The number of carbonyl (C=O) groups is 2. The number of amides is 2. The van der Waals surface area contributed by atoms with Gasteiger partial charge in [-0.3, -0.25) is 9.59 Å². The lowest BCUT2D eigenvalue weighted by Crippen LogP contribution is -2.49. The third-order valence-electron chi connectivity index (χ3n) is 6.93. The zero-order chi connectivity index (χ0) is 26.6. The van der Waals surface area contributed by atoms with Gasteiger partial charge in [0.05, 0.1) is 13.5 Å². The molecular weight excluding hydrogens is 501 g/mol. The SMILES string of the molecule is COc1ccc(N(C)C(=O)C2Cc3cccc(c3)CCSCc3[nH]c4ccc(F)cc4c3CC(=O)N2)cc1. The maximum Gasteiger partial charge on any atom is 0.249 e. The molecule has 2 amide bonds. The number of nitrogens with one attached hydrogen (secondary N) is 2. The molecule has 1 aliphatic heterocycles. The molecule has 2 heterocycles. The van der Waals surface area contributed by atoms with Gasteiger partial charge in [-0.2, -0.15) is 11.8 Å². The van der Waals surface area contributed by atoms with E-state index in [1.165, 1.54) is 17.7 Å². The summed E-state index contributed by atoms with van der Waals surface area (Å²) in [6.07, 6.45) is 1.30. The van der Waals surface area contributed by atoms with Gasteiger partial charge in [0, 0.05) is 41.5 Å². The van der Waals surface area contributed by atoms with Crippen LogP contribution < -0.4 is 15.0 Å². The Morgan fingerprint density at radius 2 is 1.87 bits per heavy atom. The van der Waals surface area contributed by atoms with Crippen molar-refractivity contribution < 1.29 is 18.7 Å². The molecular formula is C30H30FN3O3S. The first-order valence-electron chi connectivity index (χ1n) is 12.6. The van der Waals surface area contributed by atoms with Crippen LogP contribution in [0.3, 0.4) is 0 Å². The van der Waals surface area contributed by atoms with E-state index in [0.29, 0.717) is 29.0 Å². The lowest BCUT2D eigenvalue weighted by Gasteiger charge is -2.25. The van der Waals surface area contributed by atoms with Crippen molar-refractivity contribution in [1.82, 2.24) is 10.3 Å². The van der Waals surface area contributed by atoms with Crippen LogP contribution in [0.2, 0.25) is 0 Å². The minimum Gasteiger partial charge on any atom is -0.497 e. The van der Waals surface area contributed by atoms with Gasteiger partial charge in [-0.25, -0.2) is 4.39 Å². The maximum atomic E-state index is 14.1. The van der Waals surface area contributed by atoms with Gasteiger partial charge < -0.3 is 19.9 Å². The van der Waals surface area contributed by atoms with Crippen LogP contribution in [0.1, 0.15) is 22.4 Å². The standard InChI is InChI=1S/C30H30FN3O3S/c1-34(22-7-9-23(37-2)10-8-22)30(36)27-15-20-5-3-4-19(14-20)12-13-38-18-28-25(17-29(35)33-27)24-16-21(31)6-11-26(24)32-28/h3-11,14,16,27,32H,12-13,15,17-18H2,1-2H3,(H,33,35). The predicted molar refractivity (Wildman–Crippen MR) is 150 cm³/mol. The summed E-state index contributed by atoms with van der Waals surface area (Å²) in [4.78, 5) is 32.1. The monoisotopic (exact) mass is 531 g/mol. The Morgan fingerprint density at radius 3 is 2.66 bits per heavy atom. The summed E-state index contributed by atoms with van der Waals surface area (Å²) in [5.74, 6) is 1.43. The minimum atomic E-state index is -0.771. The van der Waals surface area contributed by atoms with Crippen molar-refractivity contribution in [1.29, 1.82) is 0 Å². The van der Waals surface area contributed by atoms with Crippen LogP contribution in [0.25, 0.3) is 10.9 Å². The molecule has 0 saturated carbocycles. The molecule has 1 unspecified atom stereocenters. The highest BCUT2D eigenvalue weighted by atomic mass is 32.2. The fourth-order valence-corrected chi connectivity index (χ4v) is 5.86. The van der Waals surface area contributed by atoms with Gasteiger partial charge in [0.25, 0.3) is 0 Å². The van der Waals surface area contributed by atoms with Crippen molar-refractivity contribution in [3.05, 3.63) is 94.9 Å². The van der Waals surface area contributed by atoms with Crippen molar-refractivity contribution in [2.45, 2.75) is 31.1 Å². The van der Waals surface area contributed by atoms with Crippen LogP contribution in [0.4, 0.5) is 10.1 Å².